The maximum absolute atomic E-state index is 11.8. The molecule has 0 fully saturated rings. The van der Waals surface area contributed by atoms with E-state index in [0.717, 1.165) is 19.3 Å². The van der Waals surface area contributed by atoms with Crippen LogP contribution in [0.2, 0.25) is 0 Å². The van der Waals surface area contributed by atoms with E-state index in [1.165, 1.54) is 18.6 Å². The van der Waals surface area contributed by atoms with Gasteiger partial charge in [0.1, 0.15) is 0 Å². The number of rotatable bonds is 8. The normalized spacial score (nSPS) is 12.1. The fourth-order valence-corrected chi connectivity index (χ4v) is 1.94. The van der Waals surface area contributed by atoms with Crippen molar-refractivity contribution in [1.29, 1.82) is 0 Å². The number of nitrogens with one attached hydrogen (secondary N) is 1. The summed E-state index contributed by atoms with van der Waals surface area (Å²) in [5.41, 5.74) is 6.54. The molecule has 0 heterocycles. The van der Waals surface area contributed by atoms with Crippen LogP contribution in [0.4, 0.5) is 0 Å². The van der Waals surface area contributed by atoms with E-state index in [-0.39, 0.29) is 17.4 Å². The third-order valence-electron chi connectivity index (χ3n) is 3.16. The average molecular weight is 280 g/mol. The zero-order valence-corrected chi connectivity index (χ0v) is 11.9. The summed E-state index contributed by atoms with van der Waals surface area (Å²) in [7, 11) is 0. The van der Waals surface area contributed by atoms with Crippen molar-refractivity contribution in [2.45, 2.75) is 45.1 Å². The minimum Gasteiger partial charge on any atom is -0.504 e. The molecule has 1 unspecified atom stereocenters. The molecule has 112 valence electrons. The molecular formula is C15H24N2O3. The van der Waals surface area contributed by atoms with Crippen LogP contribution in [0, 0.1) is 0 Å². The third kappa shape index (κ3) is 5.48. The number of benzene rings is 1. The standard InChI is InChI=1S/C15H24N2O3/c1-2-3-4-5-8-17-15(20)12(16)9-11-6-7-13(18)14(19)10-11/h6-7,10,12,18-19H,2-5,8-9,16H2,1H3,(H,17,20). The summed E-state index contributed by atoms with van der Waals surface area (Å²) in [6, 6.07) is 3.80. The van der Waals surface area contributed by atoms with Gasteiger partial charge in [0.15, 0.2) is 11.5 Å². The minimum absolute atomic E-state index is 0.178. The zero-order chi connectivity index (χ0) is 15.0. The Bertz CT molecular complexity index is 435. The minimum atomic E-state index is -0.648. The van der Waals surface area contributed by atoms with Crippen LogP contribution in [0.1, 0.15) is 38.2 Å². The van der Waals surface area contributed by atoms with Crippen molar-refractivity contribution >= 4 is 5.91 Å². The first-order chi connectivity index (χ1) is 9.54. The molecule has 0 saturated heterocycles. The molecule has 5 heteroatoms. The summed E-state index contributed by atoms with van der Waals surface area (Å²) >= 11 is 0. The highest BCUT2D eigenvalue weighted by Gasteiger charge is 2.14. The van der Waals surface area contributed by atoms with Gasteiger partial charge in [0.25, 0.3) is 0 Å². The van der Waals surface area contributed by atoms with Gasteiger partial charge in [-0.1, -0.05) is 32.3 Å². The first kappa shape index (κ1) is 16.3. The molecule has 20 heavy (non-hydrogen) atoms. The lowest BCUT2D eigenvalue weighted by atomic mass is 10.1. The lowest BCUT2D eigenvalue weighted by molar-refractivity contribution is -0.122. The number of phenols is 2. The average Bonchev–Trinajstić information content (AvgIpc) is 2.42. The van der Waals surface area contributed by atoms with E-state index in [4.69, 9.17) is 5.73 Å². The summed E-state index contributed by atoms with van der Waals surface area (Å²) in [5, 5.41) is 21.4. The molecule has 1 aromatic carbocycles. The van der Waals surface area contributed by atoms with Gasteiger partial charge in [0.2, 0.25) is 5.91 Å². The topological polar surface area (TPSA) is 95.6 Å². The molecule has 0 aliphatic carbocycles. The van der Waals surface area contributed by atoms with Crippen LogP contribution in [0.15, 0.2) is 18.2 Å². The molecule has 0 radical (unpaired) electrons. The molecule has 0 spiro atoms. The highest BCUT2D eigenvalue weighted by atomic mass is 16.3. The monoisotopic (exact) mass is 280 g/mol. The van der Waals surface area contributed by atoms with E-state index in [9.17, 15) is 15.0 Å². The van der Waals surface area contributed by atoms with Crippen LogP contribution < -0.4 is 11.1 Å². The molecule has 1 atom stereocenters. The largest absolute Gasteiger partial charge is 0.504 e. The van der Waals surface area contributed by atoms with E-state index in [1.54, 1.807) is 6.07 Å². The second kappa shape index (κ2) is 8.43. The molecule has 1 rings (SSSR count). The Kier molecular flexibility index (Phi) is 6.87. The summed E-state index contributed by atoms with van der Waals surface area (Å²) in [4.78, 5) is 11.8. The van der Waals surface area contributed by atoms with Crippen LogP contribution in [0.5, 0.6) is 11.5 Å². The van der Waals surface area contributed by atoms with Crippen LogP contribution in [-0.4, -0.2) is 28.7 Å². The van der Waals surface area contributed by atoms with Gasteiger partial charge in [-0.15, -0.1) is 0 Å². The Balaban J connectivity index is 2.35. The summed E-state index contributed by atoms with van der Waals surface area (Å²) in [6.07, 6.45) is 4.74. The Morgan fingerprint density at radius 1 is 1.25 bits per heavy atom. The molecule has 1 aromatic rings. The number of phenolic OH excluding ortho intramolecular Hbond substituents is 2. The predicted molar refractivity (Wildman–Crippen MR) is 78.6 cm³/mol. The number of unbranched alkanes of at least 4 members (excludes halogenated alkanes) is 3. The van der Waals surface area contributed by atoms with Gasteiger partial charge in [0, 0.05) is 6.54 Å². The Morgan fingerprint density at radius 3 is 2.65 bits per heavy atom. The first-order valence-electron chi connectivity index (χ1n) is 7.08. The molecular weight excluding hydrogens is 256 g/mol. The van der Waals surface area contributed by atoms with Gasteiger partial charge >= 0.3 is 0 Å². The molecule has 5 N–H and O–H groups in total. The molecule has 0 aromatic heterocycles. The maximum atomic E-state index is 11.8. The summed E-state index contributed by atoms with van der Waals surface area (Å²) in [5.74, 6) is -0.563. The SMILES string of the molecule is CCCCCCNC(=O)C(N)Cc1ccc(O)c(O)c1. The van der Waals surface area contributed by atoms with E-state index in [2.05, 4.69) is 12.2 Å². The Hall–Kier alpha value is -1.75. The first-order valence-corrected chi connectivity index (χ1v) is 7.08. The van der Waals surface area contributed by atoms with Crippen molar-refractivity contribution < 1.29 is 15.0 Å². The molecule has 0 bridgehead atoms. The van der Waals surface area contributed by atoms with Gasteiger partial charge in [-0.2, -0.15) is 0 Å². The van der Waals surface area contributed by atoms with E-state index in [1.807, 2.05) is 0 Å². The molecule has 1 amide bonds. The highest BCUT2D eigenvalue weighted by Crippen LogP contribution is 2.25. The van der Waals surface area contributed by atoms with Crippen LogP contribution >= 0.6 is 0 Å². The number of hydrogen-bond acceptors (Lipinski definition) is 4. The second-order valence-electron chi connectivity index (χ2n) is 4.99. The van der Waals surface area contributed by atoms with Gasteiger partial charge in [0.05, 0.1) is 6.04 Å². The third-order valence-corrected chi connectivity index (χ3v) is 3.16. The lowest BCUT2D eigenvalue weighted by Gasteiger charge is -2.12. The van der Waals surface area contributed by atoms with Gasteiger partial charge in [-0.05, 0) is 30.5 Å². The predicted octanol–water partition coefficient (Wildman–Crippen LogP) is 1.66. The fourth-order valence-electron chi connectivity index (χ4n) is 1.94. The smallest absolute Gasteiger partial charge is 0.237 e. The Morgan fingerprint density at radius 2 is 2.00 bits per heavy atom. The van der Waals surface area contributed by atoms with Gasteiger partial charge < -0.3 is 21.3 Å². The maximum Gasteiger partial charge on any atom is 0.237 e. The highest BCUT2D eigenvalue weighted by molar-refractivity contribution is 5.81. The van der Waals surface area contributed by atoms with Crippen LogP contribution in [0.25, 0.3) is 0 Å². The van der Waals surface area contributed by atoms with Crippen LogP contribution in [0.3, 0.4) is 0 Å². The molecule has 5 nitrogen and oxygen atoms in total. The van der Waals surface area contributed by atoms with Crippen molar-refractivity contribution in [3.8, 4) is 11.5 Å². The van der Waals surface area contributed by atoms with Crippen molar-refractivity contribution in [2.75, 3.05) is 6.54 Å². The number of aromatic hydroxyl groups is 2. The van der Waals surface area contributed by atoms with Crippen molar-refractivity contribution in [3.63, 3.8) is 0 Å². The van der Waals surface area contributed by atoms with Crippen LogP contribution in [-0.2, 0) is 11.2 Å². The quantitative estimate of drug-likeness (QED) is 0.430. The number of carbonyl (C=O) groups is 1. The summed E-state index contributed by atoms with van der Waals surface area (Å²) < 4.78 is 0. The van der Waals surface area contributed by atoms with Gasteiger partial charge in [-0.25, -0.2) is 0 Å². The molecule has 0 aliphatic rings. The molecule has 0 aliphatic heterocycles. The number of nitrogens with two attached hydrogens (primary N) is 1. The summed E-state index contributed by atoms with van der Waals surface area (Å²) in [6.45, 7) is 2.79. The number of carbonyl (C=O) groups excluding carboxylic acids is 1. The van der Waals surface area contributed by atoms with Crippen molar-refractivity contribution in [1.82, 2.24) is 5.32 Å². The van der Waals surface area contributed by atoms with Crippen molar-refractivity contribution in [3.05, 3.63) is 23.8 Å². The second-order valence-corrected chi connectivity index (χ2v) is 4.99. The lowest BCUT2D eigenvalue weighted by Crippen LogP contribution is -2.42. The number of hydrogen-bond donors (Lipinski definition) is 4. The van der Waals surface area contributed by atoms with Crippen molar-refractivity contribution in [2.24, 2.45) is 5.73 Å². The molecule has 0 saturated carbocycles. The van der Waals surface area contributed by atoms with E-state index < -0.39 is 6.04 Å². The zero-order valence-electron chi connectivity index (χ0n) is 11.9. The number of amides is 1. The van der Waals surface area contributed by atoms with E-state index in [0.29, 0.717) is 18.5 Å². The Labute approximate surface area is 119 Å². The fraction of sp³-hybridized carbons (Fsp3) is 0.533. The van der Waals surface area contributed by atoms with Gasteiger partial charge in [-0.3, -0.25) is 4.79 Å². The van der Waals surface area contributed by atoms with E-state index >= 15 is 0 Å².